The minimum Gasteiger partial charge on any atom is -0.357 e. The quantitative estimate of drug-likeness (QED) is 0.453. The van der Waals surface area contributed by atoms with Crippen LogP contribution in [0.3, 0.4) is 0 Å². The first-order valence-electron chi connectivity index (χ1n) is 8.62. The van der Waals surface area contributed by atoms with E-state index in [9.17, 15) is 0 Å². The number of likely N-dealkylation sites (tertiary alicyclic amines) is 1. The molecular weight excluding hydrogens is 415 g/mol. The van der Waals surface area contributed by atoms with Gasteiger partial charge in [-0.1, -0.05) is 12.5 Å². The van der Waals surface area contributed by atoms with E-state index in [2.05, 4.69) is 27.3 Å². The molecule has 0 amide bonds. The molecule has 1 spiro atoms. The molecule has 7 heteroatoms. The van der Waals surface area contributed by atoms with Gasteiger partial charge in [-0.3, -0.25) is 4.40 Å². The summed E-state index contributed by atoms with van der Waals surface area (Å²) >= 11 is 0. The Balaban J connectivity index is 0.00000169. The number of aliphatic imine (C=N–C) groups is 1. The molecule has 2 aromatic rings. The molecule has 2 fully saturated rings. The Hall–Kier alpha value is -1.38. The zero-order valence-corrected chi connectivity index (χ0v) is 16.4. The molecule has 1 aliphatic heterocycles. The Morgan fingerprint density at radius 1 is 1.29 bits per heavy atom. The average Bonchev–Trinajstić information content (AvgIpc) is 3.16. The fourth-order valence-electron chi connectivity index (χ4n) is 3.77. The first kappa shape index (κ1) is 17.4. The second kappa shape index (κ2) is 7.25. The molecule has 2 aromatic heterocycles. The number of pyridine rings is 1. The number of hydrogen-bond acceptors (Lipinski definition) is 3. The Labute approximate surface area is 159 Å². The van der Waals surface area contributed by atoms with Crippen LogP contribution in [0.15, 0.2) is 29.4 Å². The number of aromatic nitrogens is 3. The van der Waals surface area contributed by atoms with Gasteiger partial charge in [0.05, 0.1) is 0 Å². The average molecular weight is 440 g/mol. The standard InChI is InChI=1S/C17H24N6.HI/c1-2-18-16(22-11-9-17(13-22)7-5-8-17)19-12-15-21-20-14-6-3-4-10-23(14)15;/h3-4,6,10H,2,5,7-9,11-13H2,1H3,(H,18,19);1H. The maximum absolute atomic E-state index is 4.82. The fourth-order valence-corrected chi connectivity index (χ4v) is 3.77. The Kier molecular flexibility index (Phi) is 5.27. The van der Waals surface area contributed by atoms with Crippen LogP contribution >= 0.6 is 24.0 Å². The first-order chi connectivity index (χ1) is 11.3. The molecule has 0 bridgehead atoms. The smallest absolute Gasteiger partial charge is 0.194 e. The summed E-state index contributed by atoms with van der Waals surface area (Å²) in [5, 5.41) is 11.9. The van der Waals surface area contributed by atoms with Crippen LogP contribution in [-0.4, -0.2) is 45.1 Å². The van der Waals surface area contributed by atoms with Crippen molar-refractivity contribution >= 4 is 35.6 Å². The van der Waals surface area contributed by atoms with Gasteiger partial charge in [0.2, 0.25) is 0 Å². The summed E-state index contributed by atoms with van der Waals surface area (Å²) in [5.74, 6) is 1.90. The zero-order valence-electron chi connectivity index (χ0n) is 14.1. The molecule has 0 radical (unpaired) electrons. The summed E-state index contributed by atoms with van der Waals surface area (Å²) in [6.45, 7) is 5.84. The summed E-state index contributed by atoms with van der Waals surface area (Å²) < 4.78 is 2.00. The van der Waals surface area contributed by atoms with Gasteiger partial charge in [-0.15, -0.1) is 34.2 Å². The lowest BCUT2D eigenvalue weighted by atomic mass is 9.68. The van der Waals surface area contributed by atoms with Gasteiger partial charge in [-0.2, -0.15) is 0 Å². The van der Waals surface area contributed by atoms with E-state index in [-0.39, 0.29) is 24.0 Å². The van der Waals surface area contributed by atoms with E-state index < -0.39 is 0 Å². The van der Waals surface area contributed by atoms with E-state index in [0.29, 0.717) is 12.0 Å². The molecule has 1 saturated carbocycles. The van der Waals surface area contributed by atoms with Gasteiger partial charge < -0.3 is 10.2 Å². The van der Waals surface area contributed by atoms with Crippen molar-refractivity contribution in [1.29, 1.82) is 0 Å². The Bertz CT molecular complexity index is 721. The third-order valence-electron chi connectivity index (χ3n) is 5.24. The van der Waals surface area contributed by atoms with Crippen LogP contribution in [-0.2, 0) is 6.54 Å². The van der Waals surface area contributed by atoms with Gasteiger partial charge >= 0.3 is 0 Å². The molecule has 24 heavy (non-hydrogen) atoms. The molecule has 2 aliphatic rings. The monoisotopic (exact) mass is 440 g/mol. The highest BCUT2D eigenvalue weighted by Gasteiger charge is 2.43. The topological polar surface area (TPSA) is 57.8 Å². The molecule has 130 valence electrons. The van der Waals surface area contributed by atoms with Crippen molar-refractivity contribution in [2.24, 2.45) is 10.4 Å². The lowest BCUT2D eigenvalue weighted by molar-refractivity contribution is 0.151. The number of halogens is 1. The van der Waals surface area contributed by atoms with Crippen LogP contribution in [0.25, 0.3) is 5.65 Å². The third-order valence-corrected chi connectivity index (χ3v) is 5.24. The lowest BCUT2D eigenvalue weighted by Crippen LogP contribution is -2.42. The molecule has 0 atom stereocenters. The highest BCUT2D eigenvalue weighted by atomic mass is 127. The lowest BCUT2D eigenvalue weighted by Gasteiger charge is -2.38. The molecule has 0 unspecified atom stereocenters. The molecule has 3 heterocycles. The Morgan fingerprint density at radius 2 is 2.17 bits per heavy atom. The van der Waals surface area contributed by atoms with Crippen molar-refractivity contribution in [3.05, 3.63) is 30.2 Å². The van der Waals surface area contributed by atoms with E-state index in [1.165, 1.54) is 25.7 Å². The third kappa shape index (κ3) is 3.22. The predicted octanol–water partition coefficient (Wildman–Crippen LogP) is 2.69. The number of nitrogens with one attached hydrogen (secondary N) is 1. The summed E-state index contributed by atoms with van der Waals surface area (Å²) in [6.07, 6.45) is 7.47. The SMILES string of the molecule is CCNC(=NCc1nnc2ccccn12)N1CCC2(CCC2)C1.I. The van der Waals surface area contributed by atoms with Crippen LogP contribution < -0.4 is 5.32 Å². The van der Waals surface area contributed by atoms with Gasteiger partial charge in [0.1, 0.15) is 6.54 Å². The largest absolute Gasteiger partial charge is 0.357 e. The molecule has 0 aromatic carbocycles. The van der Waals surface area contributed by atoms with Gasteiger partial charge in [0.15, 0.2) is 17.4 Å². The van der Waals surface area contributed by atoms with Crippen molar-refractivity contribution in [1.82, 2.24) is 24.8 Å². The van der Waals surface area contributed by atoms with Crippen LogP contribution in [0, 0.1) is 5.41 Å². The maximum Gasteiger partial charge on any atom is 0.194 e. The van der Waals surface area contributed by atoms with E-state index in [1.54, 1.807) is 0 Å². The van der Waals surface area contributed by atoms with Gasteiger partial charge in [0.25, 0.3) is 0 Å². The second-order valence-corrected chi connectivity index (χ2v) is 6.74. The normalized spacial score (nSPS) is 19.4. The first-order valence-corrected chi connectivity index (χ1v) is 8.62. The molecular formula is C17H25IN6. The number of hydrogen-bond donors (Lipinski definition) is 1. The van der Waals surface area contributed by atoms with Gasteiger partial charge in [0, 0.05) is 25.8 Å². The van der Waals surface area contributed by atoms with Gasteiger partial charge in [-0.25, -0.2) is 4.99 Å². The highest BCUT2D eigenvalue weighted by molar-refractivity contribution is 14.0. The molecule has 1 N–H and O–H groups in total. The molecule has 1 aliphatic carbocycles. The van der Waals surface area contributed by atoms with Gasteiger partial charge in [-0.05, 0) is 43.7 Å². The number of rotatable bonds is 3. The van der Waals surface area contributed by atoms with Crippen molar-refractivity contribution in [3.8, 4) is 0 Å². The van der Waals surface area contributed by atoms with E-state index in [1.807, 2.05) is 28.8 Å². The summed E-state index contributed by atoms with van der Waals surface area (Å²) in [4.78, 5) is 7.24. The Morgan fingerprint density at radius 3 is 2.88 bits per heavy atom. The maximum atomic E-state index is 4.82. The second-order valence-electron chi connectivity index (χ2n) is 6.74. The van der Waals surface area contributed by atoms with Crippen molar-refractivity contribution in [3.63, 3.8) is 0 Å². The highest BCUT2D eigenvalue weighted by Crippen LogP contribution is 2.47. The van der Waals surface area contributed by atoms with Crippen LogP contribution in [0.1, 0.15) is 38.4 Å². The summed E-state index contributed by atoms with van der Waals surface area (Å²) in [5.41, 5.74) is 1.45. The van der Waals surface area contributed by atoms with E-state index in [4.69, 9.17) is 4.99 Å². The van der Waals surface area contributed by atoms with Crippen molar-refractivity contribution in [2.45, 2.75) is 39.2 Å². The molecule has 4 rings (SSSR count). The summed E-state index contributed by atoms with van der Waals surface area (Å²) in [6, 6.07) is 5.94. The van der Waals surface area contributed by atoms with Crippen LogP contribution in [0.2, 0.25) is 0 Å². The van der Waals surface area contributed by atoms with E-state index in [0.717, 1.165) is 37.1 Å². The van der Waals surface area contributed by atoms with E-state index >= 15 is 0 Å². The number of fused-ring (bicyclic) bond motifs is 1. The van der Waals surface area contributed by atoms with Crippen molar-refractivity contribution in [2.75, 3.05) is 19.6 Å². The van der Waals surface area contributed by atoms with Crippen molar-refractivity contribution < 1.29 is 0 Å². The molecule has 1 saturated heterocycles. The number of guanidine groups is 1. The zero-order chi connectivity index (χ0) is 15.7. The minimum atomic E-state index is 0. The summed E-state index contributed by atoms with van der Waals surface area (Å²) in [7, 11) is 0. The molecule has 6 nitrogen and oxygen atoms in total. The minimum absolute atomic E-state index is 0. The fraction of sp³-hybridized carbons (Fsp3) is 0.588. The number of nitrogens with zero attached hydrogens (tertiary/aromatic N) is 5. The van der Waals surface area contributed by atoms with Crippen LogP contribution in [0.5, 0.6) is 0 Å². The van der Waals surface area contributed by atoms with Crippen LogP contribution in [0.4, 0.5) is 0 Å². The predicted molar refractivity (Wildman–Crippen MR) is 106 cm³/mol.